The first kappa shape index (κ1) is 22.8. The molecule has 0 bridgehead atoms. The van der Waals surface area contributed by atoms with Crippen molar-refractivity contribution in [2.45, 2.75) is 58.6 Å². The van der Waals surface area contributed by atoms with Crippen LogP contribution in [0.5, 0.6) is 17.4 Å². The van der Waals surface area contributed by atoms with Crippen LogP contribution in [0.1, 0.15) is 49.3 Å². The number of methoxy groups -OCH3 is 1. The van der Waals surface area contributed by atoms with Gasteiger partial charge >= 0.3 is 0 Å². The molecule has 1 fully saturated rings. The molecule has 1 aromatic heterocycles. The average molecular weight is 442 g/mol. The maximum atomic E-state index is 6.52. The molecule has 0 amide bonds. The topological polar surface area (TPSA) is 65.9 Å². The normalized spacial score (nSPS) is 19.2. The lowest BCUT2D eigenvalue weighted by atomic mass is 10.1. The number of likely N-dealkylation sites (tertiary alicyclic amines) is 1. The van der Waals surface area contributed by atoms with Crippen LogP contribution < -0.4 is 14.2 Å². The summed E-state index contributed by atoms with van der Waals surface area (Å²) in [5, 5.41) is 0. The summed E-state index contributed by atoms with van der Waals surface area (Å²) in [6.07, 6.45) is 4.73. The van der Waals surface area contributed by atoms with E-state index in [4.69, 9.17) is 28.9 Å². The Balaban J connectivity index is 1.45. The predicted octanol–water partition coefficient (Wildman–Crippen LogP) is 3.60. The Morgan fingerprint density at radius 2 is 2.00 bits per heavy atom. The van der Waals surface area contributed by atoms with Gasteiger partial charge in [-0.15, -0.1) is 0 Å². The molecule has 1 atom stereocenters. The molecular weight excluding hydrogens is 406 g/mol. The summed E-state index contributed by atoms with van der Waals surface area (Å²) >= 11 is 0. The SMILES string of the molecule is CCOc1ccc(CN2CCCC(Oc3nc(CC)nc4c3CCOCC4)C2)cc1OC. The van der Waals surface area contributed by atoms with E-state index < -0.39 is 0 Å². The Hall–Kier alpha value is -2.38. The Bertz CT molecular complexity index is 905. The molecule has 32 heavy (non-hydrogen) atoms. The number of hydrogen-bond acceptors (Lipinski definition) is 7. The Morgan fingerprint density at radius 3 is 2.81 bits per heavy atom. The van der Waals surface area contributed by atoms with E-state index in [1.165, 1.54) is 5.56 Å². The first-order chi connectivity index (χ1) is 15.7. The van der Waals surface area contributed by atoms with Crippen LogP contribution in [0, 0.1) is 0 Å². The van der Waals surface area contributed by atoms with Gasteiger partial charge in [-0.2, -0.15) is 4.98 Å². The van der Waals surface area contributed by atoms with Gasteiger partial charge in [-0.05, 0) is 44.0 Å². The number of aromatic nitrogens is 2. The summed E-state index contributed by atoms with van der Waals surface area (Å²) in [6, 6.07) is 6.20. The number of piperidine rings is 1. The largest absolute Gasteiger partial charge is 0.493 e. The van der Waals surface area contributed by atoms with Crippen molar-refractivity contribution in [1.29, 1.82) is 0 Å². The minimum absolute atomic E-state index is 0.126. The van der Waals surface area contributed by atoms with Crippen molar-refractivity contribution < 1.29 is 18.9 Å². The van der Waals surface area contributed by atoms with Gasteiger partial charge in [-0.25, -0.2) is 4.98 Å². The van der Waals surface area contributed by atoms with Gasteiger partial charge in [0.15, 0.2) is 11.5 Å². The zero-order valence-electron chi connectivity index (χ0n) is 19.6. The van der Waals surface area contributed by atoms with E-state index in [2.05, 4.69) is 24.0 Å². The molecular formula is C25H35N3O4. The molecule has 1 saturated heterocycles. The number of hydrogen-bond donors (Lipinski definition) is 0. The van der Waals surface area contributed by atoms with Crippen molar-refractivity contribution >= 4 is 0 Å². The molecule has 1 unspecified atom stereocenters. The van der Waals surface area contributed by atoms with E-state index in [1.54, 1.807) is 7.11 Å². The van der Waals surface area contributed by atoms with E-state index >= 15 is 0 Å². The van der Waals surface area contributed by atoms with Crippen LogP contribution in [0.25, 0.3) is 0 Å². The van der Waals surface area contributed by atoms with Crippen LogP contribution >= 0.6 is 0 Å². The second-order valence-electron chi connectivity index (χ2n) is 8.37. The lowest BCUT2D eigenvalue weighted by Gasteiger charge is -2.33. The van der Waals surface area contributed by atoms with E-state index in [-0.39, 0.29) is 6.10 Å². The molecule has 4 rings (SSSR count). The highest BCUT2D eigenvalue weighted by molar-refractivity contribution is 5.43. The lowest BCUT2D eigenvalue weighted by molar-refractivity contribution is 0.0793. The van der Waals surface area contributed by atoms with E-state index in [0.717, 1.165) is 92.8 Å². The first-order valence-corrected chi connectivity index (χ1v) is 11.8. The molecule has 3 heterocycles. The van der Waals surface area contributed by atoms with E-state index in [1.807, 2.05) is 13.0 Å². The van der Waals surface area contributed by atoms with E-state index in [0.29, 0.717) is 13.2 Å². The minimum atomic E-state index is 0.126. The monoisotopic (exact) mass is 441 g/mol. The lowest BCUT2D eigenvalue weighted by Crippen LogP contribution is -2.41. The van der Waals surface area contributed by atoms with Gasteiger partial charge in [0.25, 0.3) is 0 Å². The van der Waals surface area contributed by atoms with Crippen LogP contribution in [0.3, 0.4) is 0 Å². The number of fused-ring (bicyclic) bond motifs is 1. The minimum Gasteiger partial charge on any atom is -0.493 e. The molecule has 0 radical (unpaired) electrons. The fraction of sp³-hybridized carbons (Fsp3) is 0.600. The predicted molar refractivity (Wildman–Crippen MR) is 123 cm³/mol. The van der Waals surface area contributed by atoms with Gasteiger partial charge in [0, 0.05) is 37.9 Å². The quantitative estimate of drug-likeness (QED) is 0.620. The zero-order valence-corrected chi connectivity index (χ0v) is 19.6. The van der Waals surface area contributed by atoms with Gasteiger partial charge in [0.2, 0.25) is 5.88 Å². The van der Waals surface area contributed by atoms with Crippen LogP contribution in [0.2, 0.25) is 0 Å². The number of benzene rings is 1. The fourth-order valence-electron chi connectivity index (χ4n) is 4.47. The molecule has 0 N–H and O–H groups in total. The molecule has 0 saturated carbocycles. The smallest absolute Gasteiger partial charge is 0.220 e. The summed E-state index contributed by atoms with van der Waals surface area (Å²) in [7, 11) is 1.69. The maximum absolute atomic E-state index is 6.52. The second-order valence-corrected chi connectivity index (χ2v) is 8.37. The number of ether oxygens (including phenoxy) is 4. The van der Waals surface area contributed by atoms with Crippen molar-refractivity contribution in [3.63, 3.8) is 0 Å². The van der Waals surface area contributed by atoms with E-state index in [9.17, 15) is 0 Å². The third-order valence-electron chi connectivity index (χ3n) is 6.07. The van der Waals surface area contributed by atoms with Crippen molar-refractivity contribution in [2.24, 2.45) is 0 Å². The molecule has 7 nitrogen and oxygen atoms in total. The van der Waals surface area contributed by atoms with Gasteiger partial charge < -0.3 is 18.9 Å². The van der Waals surface area contributed by atoms with Crippen molar-refractivity contribution in [1.82, 2.24) is 14.9 Å². The second kappa shape index (κ2) is 11.0. The highest BCUT2D eigenvalue weighted by Crippen LogP contribution is 2.30. The van der Waals surface area contributed by atoms with Gasteiger partial charge in [-0.3, -0.25) is 4.90 Å². The molecule has 2 aromatic rings. The number of nitrogens with zero attached hydrogens (tertiary/aromatic N) is 3. The molecule has 1 aromatic carbocycles. The molecule has 0 aliphatic carbocycles. The van der Waals surface area contributed by atoms with Crippen LogP contribution in [0.4, 0.5) is 0 Å². The van der Waals surface area contributed by atoms with Gasteiger partial charge in [-0.1, -0.05) is 13.0 Å². The Kier molecular flexibility index (Phi) is 7.81. The fourth-order valence-corrected chi connectivity index (χ4v) is 4.47. The summed E-state index contributed by atoms with van der Waals surface area (Å²) in [6.45, 7) is 8.92. The highest BCUT2D eigenvalue weighted by Gasteiger charge is 2.25. The first-order valence-electron chi connectivity index (χ1n) is 11.8. The Morgan fingerprint density at radius 1 is 1.12 bits per heavy atom. The standard InChI is InChI=1S/C25H35N3O4/c1-4-24-26-21-11-14-30-13-10-20(21)25(27-24)32-19-7-6-12-28(17-19)16-18-8-9-22(31-5-2)23(15-18)29-3/h8-9,15,19H,4-7,10-14,16-17H2,1-3H3. The average Bonchev–Trinajstić information content (AvgIpc) is 3.06. The molecule has 0 spiro atoms. The third kappa shape index (κ3) is 5.51. The maximum Gasteiger partial charge on any atom is 0.220 e. The van der Waals surface area contributed by atoms with Gasteiger partial charge in [0.1, 0.15) is 11.9 Å². The van der Waals surface area contributed by atoms with Crippen molar-refractivity contribution in [2.75, 3.05) is 40.0 Å². The summed E-state index contributed by atoms with van der Waals surface area (Å²) in [5.41, 5.74) is 3.44. The van der Waals surface area contributed by atoms with Crippen LogP contribution in [-0.2, 0) is 30.5 Å². The van der Waals surface area contributed by atoms with Crippen LogP contribution in [-0.4, -0.2) is 61.0 Å². The van der Waals surface area contributed by atoms with Gasteiger partial charge in [0.05, 0.1) is 32.6 Å². The summed E-state index contributed by atoms with van der Waals surface area (Å²) in [5.74, 6) is 3.20. The number of aryl methyl sites for hydroxylation is 1. The molecule has 2 aliphatic heterocycles. The number of rotatable bonds is 8. The molecule has 174 valence electrons. The molecule has 7 heteroatoms. The Labute approximate surface area is 191 Å². The molecule has 2 aliphatic rings. The third-order valence-corrected chi connectivity index (χ3v) is 6.07. The zero-order chi connectivity index (χ0) is 22.3. The van der Waals surface area contributed by atoms with Crippen LogP contribution in [0.15, 0.2) is 18.2 Å². The van der Waals surface area contributed by atoms with Crippen molar-refractivity contribution in [3.05, 3.63) is 40.8 Å². The summed E-state index contributed by atoms with van der Waals surface area (Å²) in [4.78, 5) is 12.0. The highest BCUT2D eigenvalue weighted by atomic mass is 16.5. The summed E-state index contributed by atoms with van der Waals surface area (Å²) < 4.78 is 23.4. The van der Waals surface area contributed by atoms with Crippen molar-refractivity contribution in [3.8, 4) is 17.4 Å².